The highest BCUT2D eigenvalue weighted by molar-refractivity contribution is 5.73. The SMILES string of the molecule is CC(=O)NC1C(OC2C(O)C(CO)OC(OC3C(CO)OC(C(C)(C)C)C(NC(C)=O)C3O)C2O)OC(CO)C(OC2OC(CO)C(O)C(O)C2O)C1OC1OC(C)C(O)C(O)C1O. The summed E-state index contributed by atoms with van der Waals surface area (Å²) in [6.07, 6.45) is -39.6. The molecule has 0 aromatic carbocycles. The Hall–Kier alpha value is -1.94. The fourth-order valence-electron chi connectivity index (χ4n) is 8.54. The second-order valence-corrected chi connectivity index (χ2v) is 17.8. The third-order valence-corrected chi connectivity index (χ3v) is 12.0. The monoisotopic (exact) mass is 934 g/mol. The minimum atomic E-state index is -2.08. The van der Waals surface area contributed by atoms with Gasteiger partial charge in [0.15, 0.2) is 25.2 Å². The first kappa shape index (κ1) is 53.0. The van der Waals surface area contributed by atoms with Crippen molar-refractivity contribution in [2.75, 3.05) is 26.4 Å². The molecule has 5 aliphatic heterocycles. The van der Waals surface area contributed by atoms with Gasteiger partial charge < -0.3 is 120 Å². The van der Waals surface area contributed by atoms with Gasteiger partial charge in [0, 0.05) is 13.8 Å². The summed E-state index contributed by atoms with van der Waals surface area (Å²) < 4.78 is 53.4. The maximum Gasteiger partial charge on any atom is 0.217 e. The van der Waals surface area contributed by atoms with E-state index in [1.54, 1.807) is 20.8 Å². The number of rotatable bonds is 14. The normalized spacial score (nSPS) is 48.1. The van der Waals surface area contributed by atoms with E-state index in [4.69, 9.17) is 42.6 Å². The fourth-order valence-corrected chi connectivity index (χ4v) is 8.54. The summed E-state index contributed by atoms with van der Waals surface area (Å²) in [4.78, 5) is 25.1. The van der Waals surface area contributed by atoms with Crippen LogP contribution in [0.15, 0.2) is 0 Å². The topological polar surface area (TPSA) is 404 Å². The summed E-state index contributed by atoms with van der Waals surface area (Å²) in [5.74, 6) is -1.35. The zero-order valence-corrected chi connectivity index (χ0v) is 36.1. The number of carbonyl (C=O) groups excluding carboxylic acids is 2. The van der Waals surface area contributed by atoms with Gasteiger partial charge in [-0.25, -0.2) is 0 Å². The van der Waals surface area contributed by atoms with Gasteiger partial charge in [-0.05, 0) is 12.3 Å². The van der Waals surface area contributed by atoms with Gasteiger partial charge in [0.25, 0.3) is 0 Å². The molecule has 2 amide bonds. The Morgan fingerprint density at radius 2 is 0.875 bits per heavy atom. The van der Waals surface area contributed by atoms with Crippen LogP contribution >= 0.6 is 0 Å². The zero-order valence-electron chi connectivity index (χ0n) is 36.1. The molecule has 0 radical (unpaired) electrons. The average Bonchev–Trinajstić information content (AvgIpc) is 3.23. The number of hydrogen-bond donors (Lipinski definition) is 15. The van der Waals surface area contributed by atoms with Crippen molar-refractivity contribution in [3.05, 3.63) is 0 Å². The molecule has 25 unspecified atom stereocenters. The summed E-state index contributed by atoms with van der Waals surface area (Å²) in [6.45, 7) is 5.41. The van der Waals surface area contributed by atoms with E-state index < -0.39 is 197 Å². The van der Waals surface area contributed by atoms with Crippen LogP contribution in [0.25, 0.3) is 0 Å². The molecule has 0 aromatic heterocycles. The number of aliphatic hydroxyl groups excluding tert-OH is 13. The van der Waals surface area contributed by atoms with Crippen LogP contribution in [0.2, 0.25) is 0 Å². The summed E-state index contributed by atoms with van der Waals surface area (Å²) in [6, 6.07) is -2.84. The largest absolute Gasteiger partial charge is 0.394 e. The molecule has 26 nitrogen and oxygen atoms in total. The van der Waals surface area contributed by atoms with Crippen molar-refractivity contribution in [2.45, 2.75) is 195 Å². The number of carbonyl (C=O) groups is 2. The summed E-state index contributed by atoms with van der Waals surface area (Å²) >= 11 is 0. The van der Waals surface area contributed by atoms with Crippen molar-refractivity contribution in [3.8, 4) is 0 Å². The molecule has 5 aliphatic rings. The van der Waals surface area contributed by atoms with E-state index >= 15 is 0 Å². The van der Waals surface area contributed by atoms with Gasteiger partial charge in [0.05, 0.1) is 44.7 Å². The van der Waals surface area contributed by atoms with Gasteiger partial charge in [-0.1, -0.05) is 20.8 Å². The van der Waals surface area contributed by atoms with Crippen molar-refractivity contribution >= 4 is 11.8 Å². The predicted molar refractivity (Wildman–Crippen MR) is 206 cm³/mol. The Labute approximate surface area is 367 Å². The van der Waals surface area contributed by atoms with Crippen molar-refractivity contribution in [3.63, 3.8) is 0 Å². The Bertz CT molecular complexity index is 1510. The van der Waals surface area contributed by atoms with E-state index in [0.717, 1.165) is 6.92 Å². The van der Waals surface area contributed by atoms with E-state index in [2.05, 4.69) is 10.6 Å². The third kappa shape index (κ3) is 11.3. The lowest BCUT2D eigenvalue weighted by atomic mass is 9.78. The first-order chi connectivity index (χ1) is 30.0. The molecule has 0 aromatic rings. The van der Waals surface area contributed by atoms with E-state index in [1.165, 1.54) is 13.8 Å². The van der Waals surface area contributed by atoms with Crippen LogP contribution in [0.3, 0.4) is 0 Å². The molecule has 0 saturated carbocycles. The molecule has 26 heteroatoms. The quantitative estimate of drug-likeness (QED) is 0.0769. The van der Waals surface area contributed by atoms with E-state index in [1.807, 2.05) is 0 Å². The van der Waals surface area contributed by atoms with Crippen molar-refractivity contribution in [2.24, 2.45) is 5.41 Å². The maximum absolute atomic E-state index is 12.9. The number of ether oxygens (including phenoxy) is 9. The van der Waals surface area contributed by atoms with Gasteiger partial charge in [0.2, 0.25) is 11.8 Å². The van der Waals surface area contributed by atoms with E-state index in [9.17, 15) is 76.0 Å². The first-order valence-electron chi connectivity index (χ1n) is 21.0. The third-order valence-electron chi connectivity index (χ3n) is 12.0. The second-order valence-electron chi connectivity index (χ2n) is 17.8. The average molecular weight is 935 g/mol. The van der Waals surface area contributed by atoms with Crippen molar-refractivity contribution in [1.82, 2.24) is 10.6 Å². The van der Waals surface area contributed by atoms with Crippen LogP contribution in [0.4, 0.5) is 0 Å². The lowest BCUT2D eigenvalue weighted by Crippen LogP contribution is -2.71. The molecule has 64 heavy (non-hydrogen) atoms. The molecule has 0 aliphatic carbocycles. The molecule has 15 N–H and O–H groups in total. The number of aliphatic hydroxyl groups is 13. The lowest BCUT2D eigenvalue weighted by molar-refractivity contribution is -0.389. The Balaban J connectivity index is 1.50. The van der Waals surface area contributed by atoms with Crippen LogP contribution < -0.4 is 10.6 Å². The Morgan fingerprint density at radius 1 is 0.453 bits per heavy atom. The molecular formula is C38H66N2O24. The van der Waals surface area contributed by atoms with Crippen molar-refractivity contribution in [1.29, 1.82) is 0 Å². The second kappa shape index (κ2) is 22.0. The predicted octanol–water partition coefficient (Wildman–Crippen LogP) is -8.51. The number of hydrogen-bond acceptors (Lipinski definition) is 24. The number of nitrogens with one attached hydrogen (secondary N) is 2. The van der Waals surface area contributed by atoms with Gasteiger partial charge in [-0.2, -0.15) is 0 Å². The van der Waals surface area contributed by atoms with Crippen molar-refractivity contribution < 1.29 is 119 Å². The van der Waals surface area contributed by atoms with Crippen LogP contribution in [-0.4, -0.2) is 258 Å². The van der Waals surface area contributed by atoms with Gasteiger partial charge in [-0.3, -0.25) is 9.59 Å². The molecule has 5 rings (SSSR count). The highest BCUT2D eigenvalue weighted by atomic mass is 16.8. The van der Waals surface area contributed by atoms with Crippen LogP contribution in [0.1, 0.15) is 41.5 Å². The molecule has 372 valence electrons. The van der Waals surface area contributed by atoms with Crippen LogP contribution in [0, 0.1) is 5.41 Å². The summed E-state index contributed by atoms with van der Waals surface area (Å²) in [5, 5.41) is 145. The highest BCUT2D eigenvalue weighted by Crippen LogP contribution is 2.38. The summed E-state index contributed by atoms with van der Waals surface area (Å²) in [5.41, 5.74) is -0.698. The molecule has 5 fully saturated rings. The molecular weight excluding hydrogens is 868 g/mol. The van der Waals surface area contributed by atoms with Gasteiger partial charge in [0.1, 0.15) is 110 Å². The lowest BCUT2D eigenvalue weighted by Gasteiger charge is -2.52. The molecule has 25 atom stereocenters. The Kier molecular flexibility index (Phi) is 18.2. The molecule has 0 bridgehead atoms. The fraction of sp³-hybridized carbons (Fsp3) is 0.947. The minimum absolute atomic E-state index is 0.535. The highest BCUT2D eigenvalue weighted by Gasteiger charge is 2.58. The minimum Gasteiger partial charge on any atom is -0.394 e. The number of amides is 2. The zero-order chi connectivity index (χ0) is 47.7. The van der Waals surface area contributed by atoms with E-state index in [-0.39, 0.29) is 0 Å². The molecule has 5 heterocycles. The maximum atomic E-state index is 12.9. The molecule has 5 saturated heterocycles. The van der Waals surface area contributed by atoms with Crippen LogP contribution in [-0.2, 0) is 52.2 Å². The smallest absolute Gasteiger partial charge is 0.217 e. The van der Waals surface area contributed by atoms with Crippen LogP contribution in [0.5, 0.6) is 0 Å². The summed E-state index contributed by atoms with van der Waals surface area (Å²) in [7, 11) is 0. The Morgan fingerprint density at radius 3 is 1.41 bits per heavy atom. The molecule has 0 spiro atoms. The van der Waals surface area contributed by atoms with Gasteiger partial charge >= 0.3 is 0 Å². The van der Waals surface area contributed by atoms with E-state index in [0.29, 0.717) is 0 Å². The first-order valence-corrected chi connectivity index (χ1v) is 21.0. The standard InChI is InChI=1S/C38H66N2O24/c1-11-20(47)24(51)26(53)35(56-11)63-31-19(40-13(3)46)34(60-17(10-44)30(31)62-36-27(54)25(52)21(48)14(7-41)58-36)64-32-22(49)15(8-42)59-37(28(32)55)61-29-16(9-43)57-33(38(4,5)6)18(23(29)50)39-12(2)45/h11,14-37,41-44,47-55H,7-10H2,1-6H3,(H,39,45)(H,40,46). The van der Waals surface area contributed by atoms with Gasteiger partial charge in [-0.15, -0.1) is 0 Å².